The van der Waals surface area contributed by atoms with Crippen molar-refractivity contribution >= 4 is 17.2 Å². The van der Waals surface area contributed by atoms with Crippen LogP contribution in [0, 0.1) is 0 Å². The number of carbonyl (C=O) groups is 1. The van der Waals surface area contributed by atoms with E-state index in [-0.39, 0.29) is 11.9 Å². The molecule has 1 N–H and O–H groups in total. The number of nitrogens with one attached hydrogen (secondary N) is 1. The van der Waals surface area contributed by atoms with E-state index in [1.165, 1.54) is 4.88 Å². The first-order valence-corrected chi connectivity index (χ1v) is 6.55. The number of likely N-dealkylation sites (tertiary alicyclic amines) is 1. The Hall–Kier alpha value is -0.940. The average Bonchev–Trinajstić information content (AvgIpc) is 2.95. The van der Waals surface area contributed by atoms with Crippen LogP contribution in [0.5, 0.6) is 0 Å². The van der Waals surface area contributed by atoms with E-state index in [1.807, 2.05) is 16.6 Å². The Balaban J connectivity index is 1.76. The van der Waals surface area contributed by atoms with Gasteiger partial charge in [-0.1, -0.05) is 0 Å². The molecule has 1 amide bonds. The van der Waals surface area contributed by atoms with Crippen molar-refractivity contribution in [3.05, 3.63) is 16.6 Å². The summed E-state index contributed by atoms with van der Waals surface area (Å²) in [5.74, 6) is 0.217. The summed E-state index contributed by atoms with van der Waals surface area (Å²) in [4.78, 5) is 18.9. The highest BCUT2D eigenvalue weighted by Crippen LogP contribution is 2.16. The summed E-state index contributed by atoms with van der Waals surface area (Å²) in [7, 11) is 0. The summed E-state index contributed by atoms with van der Waals surface area (Å²) in [6.45, 7) is 4.34. The fourth-order valence-electron chi connectivity index (χ4n) is 1.86. The predicted molar refractivity (Wildman–Crippen MR) is 64.3 cm³/mol. The number of aromatic nitrogens is 1. The molecule has 0 radical (unpaired) electrons. The first-order valence-electron chi connectivity index (χ1n) is 5.67. The lowest BCUT2D eigenvalue weighted by Crippen LogP contribution is -2.36. The van der Waals surface area contributed by atoms with Crippen LogP contribution in [-0.4, -0.2) is 35.4 Å². The normalized spacial score (nSPS) is 17.7. The number of hydrogen-bond donors (Lipinski definition) is 1. The zero-order chi connectivity index (χ0) is 11.4. The van der Waals surface area contributed by atoms with Crippen LogP contribution in [0.1, 0.15) is 30.7 Å². The minimum atomic E-state index is 0.207. The Bertz CT molecular complexity index is 333. The van der Waals surface area contributed by atoms with Gasteiger partial charge in [-0.05, 0) is 19.8 Å². The maximum absolute atomic E-state index is 11.8. The second-order valence-electron chi connectivity index (χ2n) is 4.09. The minimum Gasteiger partial charge on any atom is -0.342 e. The van der Waals surface area contributed by atoms with Crippen LogP contribution in [0.2, 0.25) is 0 Å². The summed E-state index contributed by atoms with van der Waals surface area (Å²) in [5, 5.41) is 3.24. The standard InChI is InChI=1S/C11H17N3OS/c1-9(10-6-12-8-16-10)13-7-11(15)14-4-2-3-5-14/h6,8-9,13H,2-5,7H2,1H3. The molecule has 0 saturated carbocycles. The van der Waals surface area contributed by atoms with Crippen LogP contribution >= 0.6 is 11.3 Å². The van der Waals surface area contributed by atoms with E-state index in [0.29, 0.717) is 6.54 Å². The third-order valence-corrected chi connectivity index (χ3v) is 3.85. The van der Waals surface area contributed by atoms with Gasteiger partial charge in [0.25, 0.3) is 0 Å². The molecule has 1 unspecified atom stereocenters. The van der Waals surface area contributed by atoms with Gasteiger partial charge in [-0.3, -0.25) is 9.78 Å². The topological polar surface area (TPSA) is 45.2 Å². The van der Waals surface area contributed by atoms with Crippen LogP contribution in [0.3, 0.4) is 0 Å². The van der Waals surface area contributed by atoms with Gasteiger partial charge in [-0.2, -0.15) is 0 Å². The largest absolute Gasteiger partial charge is 0.342 e. The van der Waals surface area contributed by atoms with Crippen LogP contribution in [0.15, 0.2) is 11.7 Å². The third kappa shape index (κ3) is 2.80. The number of amides is 1. The highest BCUT2D eigenvalue weighted by molar-refractivity contribution is 7.09. The van der Waals surface area contributed by atoms with Crippen LogP contribution in [0.4, 0.5) is 0 Å². The zero-order valence-electron chi connectivity index (χ0n) is 9.48. The molecule has 0 spiro atoms. The Morgan fingerprint density at radius 1 is 1.62 bits per heavy atom. The third-order valence-electron chi connectivity index (χ3n) is 2.90. The van der Waals surface area contributed by atoms with Gasteiger partial charge in [0.1, 0.15) is 0 Å². The maximum atomic E-state index is 11.8. The van der Waals surface area contributed by atoms with Crippen molar-refractivity contribution in [1.82, 2.24) is 15.2 Å². The molecule has 1 aliphatic heterocycles. The van der Waals surface area contributed by atoms with E-state index in [2.05, 4.69) is 17.2 Å². The fourth-order valence-corrected chi connectivity index (χ4v) is 2.51. The van der Waals surface area contributed by atoms with Gasteiger partial charge in [-0.15, -0.1) is 11.3 Å². The van der Waals surface area contributed by atoms with Gasteiger partial charge in [0.05, 0.1) is 12.1 Å². The molecular formula is C11H17N3OS. The maximum Gasteiger partial charge on any atom is 0.236 e. The van der Waals surface area contributed by atoms with Crippen molar-refractivity contribution in [1.29, 1.82) is 0 Å². The summed E-state index contributed by atoms with van der Waals surface area (Å²) >= 11 is 1.62. The molecular weight excluding hydrogens is 222 g/mol. The number of rotatable bonds is 4. The summed E-state index contributed by atoms with van der Waals surface area (Å²) < 4.78 is 0. The van der Waals surface area contributed by atoms with Crippen molar-refractivity contribution in [2.45, 2.75) is 25.8 Å². The fraction of sp³-hybridized carbons (Fsp3) is 0.636. The lowest BCUT2D eigenvalue weighted by molar-refractivity contribution is -0.129. The molecule has 5 heteroatoms. The van der Waals surface area contributed by atoms with Crippen molar-refractivity contribution in [3.8, 4) is 0 Å². The van der Waals surface area contributed by atoms with E-state index in [9.17, 15) is 4.79 Å². The highest BCUT2D eigenvalue weighted by atomic mass is 32.1. The lowest BCUT2D eigenvalue weighted by Gasteiger charge is -2.17. The molecule has 1 aromatic heterocycles. The molecule has 0 aromatic carbocycles. The number of thiazole rings is 1. The van der Waals surface area contributed by atoms with Crippen molar-refractivity contribution in [3.63, 3.8) is 0 Å². The molecule has 0 aliphatic carbocycles. The zero-order valence-corrected chi connectivity index (χ0v) is 10.3. The van der Waals surface area contributed by atoms with Crippen molar-refractivity contribution in [2.75, 3.05) is 19.6 Å². The first-order chi connectivity index (χ1) is 7.77. The average molecular weight is 239 g/mol. The highest BCUT2D eigenvalue weighted by Gasteiger charge is 2.18. The smallest absolute Gasteiger partial charge is 0.236 e. The SMILES string of the molecule is CC(NCC(=O)N1CCCC1)c1cncs1. The van der Waals surface area contributed by atoms with Gasteiger partial charge < -0.3 is 10.2 Å². The molecule has 2 heterocycles. The Morgan fingerprint density at radius 2 is 2.38 bits per heavy atom. The second-order valence-corrected chi connectivity index (χ2v) is 5.01. The van der Waals surface area contributed by atoms with Gasteiger partial charge in [0.15, 0.2) is 0 Å². The number of hydrogen-bond acceptors (Lipinski definition) is 4. The van der Waals surface area contributed by atoms with Gasteiger partial charge in [0, 0.05) is 30.2 Å². The summed E-state index contributed by atoms with van der Waals surface area (Å²) in [5.41, 5.74) is 1.82. The van der Waals surface area contributed by atoms with Gasteiger partial charge in [0.2, 0.25) is 5.91 Å². The van der Waals surface area contributed by atoms with E-state index in [1.54, 1.807) is 11.3 Å². The Morgan fingerprint density at radius 3 is 3.00 bits per heavy atom. The summed E-state index contributed by atoms with van der Waals surface area (Å²) in [6.07, 6.45) is 4.15. The molecule has 1 aliphatic rings. The van der Waals surface area contributed by atoms with E-state index in [0.717, 1.165) is 25.9 Å². The Kier molecular flexibility index (Phi) is 3.90. The van der Waals surface area contributed by atoms with Crippen molar-refractivity contribution in [2.24, 2.45) is 0 Å². The molecule has 1 fully saturated rings. The molecule has 16 heavy (non-hydrogen) atoms. The Labute approximate surface area is 99.7 Å². The number of nitrogens with zero attached hydrogens (tertiary/aromatic N) is 2. The van der Waals surface area contributed by atoms with E-state index in [4.69, 9.17) is 0 Å². The van der Waals surface area contributed by atoms with Crippen LogP contribution in [-0.2, 0) is 4.79 Å². The molecule has 0 bridgehead atoms. The quantitative estimate of drug-likeness (QED) is 0.864. The molecule has 88 valence electrons. The molecule has 4 nitrogen and oxygen atoms in total. The van der Waals surface area contributed by atoms with Gasteiger partial charge in [-0.25, -0.2) is 0 Å². The predicted octanol–water partition coefficient (Wildman–Crippen LogP) is 1.42. The van der Waals surface area contributed by atoms with Gasteiger partial charge >= 0.3 is 0 Å². The molecule has 2 rings (SSSR count). The van der Waals surface area contributed by atoms with Crippen LogP contribution < -0.4 is 5.32 Å². The number of carbonyl (C=O) groups excluding carboxylic acids is 1. The van der Waals surface area contributed by atoms with Crippen molar-refractivity contribution < 1.29 is 4.79 Å². The van der Waals surface area contributed by atoms with E-state index >= 15 is 0 Å². The molecule has 1 saturated heterocycles. The minimum absolute atomic E-state index is 0.207. The molecule has 1 aromatic rings. The lowest BCUT2D eigenvalue weighted by atomic mass is 10.3. The second kappa shape index (κ2) is 5.41. The monoisotopic (exact) mass is 239 g/mol. The summed E-state index contributed by atoms with van der Waals surface area (Å²) in [6, 6.07) is 0.207. The molecule has 1 atom stereocenters. The van der Waals surface area contributed by atoms with Crippen LogP contribution in [0.25, 0.3) is 0 Å². The first kappa shape index (κ1) is 11.5. The van der Waals surface area contributed by atoms with E-state index < -0.39 is 0 Å².